The van der Waals surface area contributed by atoms with Crippen molar-refractivity contribution in [2.24, 2.45) is 4.99 Å². The molecule has 6 nitrogen and oxygen atoms in total. The molecule has 1 N–H and O–H groups in total. The van der Waals surface area contributed by atoms with E-state index in [-0.39, 0.29) is 11.0 Å². The predicted molar refractivity (Wildman–Crippen MR) is 114 cm³/mol. The number of hydrogen-bond acceptors (Lipinski definition) is 5. The number of imidazole rings is 1. The van der Waals surface area contributed by atoms with Crippen LogP contribution in [0.15, 0.2) is 47.7 Å². The van der Waals surface area contributed by atoms with E-state index < -0.39 is 5.54 Å². The first kappa shape index (κ1) is 18.3. The van der Waals surface area contributed by atoms with Gasteiger partial charge in [-0.15, -0.1) is 0 Å². The second kappa shape index (κ2) is 7.26. The molecule has 29 heavy (non-hydrogen) atoms. The Morgan fingerprint density at radius 1 is 1.14 bits per heavy atom. The molecule has 0 bridgehead atoms. The second-order valence-corrected chi connectivity index (χ2v) is 8.17. The molecular formula is C22H22ClN5O. The second-order valence-electron chi connectivity index (χ2n) is 7.83. The quantitative estimate of drug-likeness (QED) is 0.618. The molecule has 1 fully saturated rings. The molecular weight excluding hydrogens is 386 g/mol. The number of rotatable bonds is 5. The summed E-state index contributed by atoms with van der Waals surface area (Å²) in [4.78, 5) is 18.6. The van der Waals surface area contributed by atoms with E-state index in [1.54, 1.807) is 12.1 Å². The van der Waals surface area contributed by atoms with Crippen LogP contribution in [-0.2, 0) is 12.0 Å². The van der Waals surface area contributed by atoms with E-state index in [1.165, 1.54) is 12.8 Å². The molecule has 148 valence electrons. The fourth-order valence-electron chi connectivity index (χ4n) is 4.47. The summed E-state index contributed by atoms with van der Waals surface area (Å²) in [7, 11) is 0. The summed E-state index contributed by atoms with van der Waals surface area (Å²) in [5.74, 6) is 0.268. The Balaban J connectivity index is 1.55. The van der Waals surface area contributed by atoms with Gasteiger partial charge in [-0.25, -0.2) is 9.97 Å². The van der Waals surface area contributed by atoms with Gasteiger partial charge in [0, 0.05) is 12.3 Å². The molecule has 2 aliphatic rings. The van der Waals surface area contributed by atoms with Gasteiger partial charge in [0.1, 0.15) is 22.5 Å². The summed E-state index contributed by atoms with van der Waals surface area (Å²) >= 11 is 6.37. The highest BCUT2D eigenvalue weighted by Gasteiger charge is 2.36. The Bertz CT molecular complexity index is 1080. The van der Waals surface area contributed by atoms with Crippen LogP contribution in [0.2, 0.25) is 5.28 Å². The molecule has 3 heterocycles. The number of phenolic OH excluding ortho intramolecular Hbond substituents is 1. The molecule has 1 aliphatic heterocycles. The van der Waals surface area contributed by atoms with Crippen LogP contribution in [0.3, 0.4) is 0 Å². The van der Waals surface area contributed by atoms with Gasteiger partial charge >= 0.3 is 0 Å². The van der Waals surface area contributed by atoms with Crippen molar-refractivity contribution in [2.45, 2.75) is 50.1 Å². The fourth-order valence-corrected chi connectivity index (χ4v) is 4.63. The van der Waals surface area contributed by atoms with Crippen molar-refractivity contribution < 1.29 is 5.11 Å². The van der Waals surface area contributed by atoms with E-state index in [4.69, 9.17) is 21.6 Å². The van der Waals surface area contributed by atoms with Gasteiger partial charge in [-0.2, -0.15) is 4.98 Å². The number of aryl methyl sites for hydroxylation is 1. The zero-order valence-electron chi connectivity index (χ0n) is 16.0. The number of aromatic nitrogens is 4. The van der Waals surface area contributed by atoms with Crippen molar-refractivity contribution in [1.29, 1.82) is 0 Å². The lowest BCUT2D eigenvalue weighted by Gasteiger charge is -2.24. The van der Waals surface area contributed by atoms with Gasteiger partial charge in [0.05, 0.1) is 6.33 Å². The van der Waals surface area contributed by atoms with Crippen LogP contribution in [-0.4, -0.2) is 30.8 Å². The van der Waals surface area contributed by atoms with Crippen LogP contribution in [0, 0.1) is 0 Å². The van der Waals surface area contributed by atoms with Crippen molar-refractivity contribution in [1.82, 2.24) is 19.5 Å². The van der Waals surface area contributed by atoms with Gasteiger partial charge < -0.3 is 9.67 Å². The number of hydrogen-bond donors (Lipinski definition) is 1. The van der Waals surface area contributed by atoms with Crippen LogP contribution in [0.1, 0.15) is 49.4 Å². The first-order valence-electron chi connectivity index (χ1n) is 10.1. The average Bonchev–Trinajstić information content (AvgIpc) is 3.47. The lowest BCUT2D eigenvalue weighted by molar-refractivity contribution is 0.474. The van der Waals surface area contributed by atoms with Crippen molar-refractivity contribution in [2.75, 3.05) is 0 Å². The van der Waals surface area contributed by atoms with Crippen LogP contribution in [0.25, 0.3) is 11.2 Å². The number of nitrogens with zero attached hydrogens (tertiary/aromatic N) is 5. The summed E-state index contributed by atoms with van der Waals surface area (Å²) in [6, 6.07) is 7.71. The lowest BCUT2D eigenvalue weighted by Crippen LogP contribution is -2.23. The van der Waals surface area contributed by atoms with Gasteiger partial charge in [0.25, 0.3) is 0 Å². The number of aromatic hydroxyl groups is 1. The summed E-state index contributed by atoms with van der Waals surface area (Å²) in [5.41, 5.74) is 2.85. The van der Waals surface area contributed by atoms with Crippen molar-refractivity contribution in [3.63, 3.8) is 0 Å². The van der Waals surface area contributed by atoms with E-state index in [0.717, 1.165) is 48.1 Å². The number of halogens is 1. The van der Waals surface area contributed by atoms with E-state index in [0.29, 0.717) is 6.04 Å². The maximum atomic E-state index is 9.53. The minimum atomic E-state index is -0.614. The molecule has 0 amide bonds. The normalized spacial score (nSPS) is 21.6. The minimum Gasteiger partial charge on any atom is -0.508 e. The lowest BCUT2D eigenvalue weighted by atomic mass is 9.88. The Morgan fingerprint density at radius 3 is 2.66 bits per heavy atom. The molecule has 3 aromatic rings. The number of fused-ring (bicyclic) bond motifs is 1. The molecule has 0 spiro atoms. The standard InChI is InChI=1S/C22H22ClN5O/c23-21-26-19(18-20(27-21)28(14-24-18)16-4-1-2-5-16)22(11-3-13-25-22)12-10-15-6-8-17(29)9-7-15/h3,6-9,11,13-14,16,29H,1-2,4-5,10,12H2. The van der Waals surface area contributed by atoms with Gasteiger partial charge in [-0.3, -0.25) is 4.99 Å². The number of aliphatic imine (C=N–C) groups is 1. The summed E-state index contributed by atoms with van der Waals surface area (Å²) < 4.78 is 2.16. The molecule has 1 atom stereocenters. The maximum Gasteiger partial charge on any atom is 0.224 e. The highest BCUT2D eigenvalue weighted by Crippen LogP contribution is 2.39. The number of phenols is 1. The molecule has 5 rings (SSSR count). The molecule has 1 unspecified atom stereocenters. The van der Waals surface area contributed by atoms with E-state index >= 15 is 0 Å². The summed E-state index contributed by atoms with van der Waals surface area (Å²) in [6.07, 6.45) is 14.0. The molecule has 0 radical (unpaired) electrons. The van der Waals surface area contributed by atoms with E-state index in [1.807, 2.05) is 30.8 Å². The Morgan fingerprint density at radius 2 is 1.93 bits per heavy atom. The Hall–Kier alpha value is -2.73. The summed E-state index contributed by atoms with van der Waals surface area (Å²) in [6.45, 7) is 0. The van der Waals surface area contributed by atoms with E-state index in [2.05, 4.69) is 20.6 Å². The number of benzene rings is 1. The van der Waals surface area contributed by atoms with Crippen LogP contribution < -0.4 is 0 Å². The largest absolute Gasteiger partial charge is 0.508 e. The van der Waals surface area contributed by atoms with Gasteiger partial charge in [0.2, 0.25) is 5.28 Å². The Kier molecular flexibility index (Phi) is 4.59. The number of allylic oxidation sites excluding steroid dienone is 1. The minimum absolute atomic E-state index is 0.228. The third-order valence-corrected chi connectivity index (χ3v) is 6.19. The third-order valence-electron chi connectivity index (χ3n) is 6.02. The van der Waals surface area contributed by atoms with Crippen molar-refractivity contribution in [3.05, 3.63) is 59.3 Å². The zero-order chi connectivity index (χ0) is 19.8. The van der Waals surface area contributed by atoms with Crippen LogP contribution in [0.5, 0.6) is 5.75 Å². The zero-order valence-corrected chi connectivity index (χ0v) is 16.8. The van der Waals surface area contributed by atoms with Gasteiger partial charge in [-0.1, -0.05) is 25.0 Å². The van der Waals surface area contributed by atoms with Crippen molar-refractivity contribution >= 4 is 29.0 Å². The third kappa shape index (κ3) is 3.31. The SMILES string of the molecule is Oc1ccc(CCC2(c3nc(Cl)nc4c3ncn4C3CCCC3)C=CC=N2)cc1. The summed E-state index contributed by atoms with van der Waals surface area (Å²) in [5, 5.41) is 9.76. The first-order valence-corrected chi connectivity index (χ1v) is 10.4. The fraction of sp³-hybridized carbons (Fsp3) is 0.364. The highest BCUT2D eigenvalue weighted by atomic mass is 35.5. The molecule has 1 aliphatic carbocycles. The van der Waals surface area contributed by atoms with E-state index in [9.17, 15) is 5.11 Å². The molecule has 7 heteroatoms. The van der Waals surface area contributed by atoms with Crippen molar-refractivity contribution in [3.8, 4) is 5.75 Å². The van der Waals surface area contributed by atoms with Crippen LogP contribution >= 0.6 is 11.6 Å². The highest BCUT2D eigenvalue weighted by molar-refractivity contribution is 6.28. The van der Waals surface area contributed by atoms with Gasteiger partial charge in [-0.05, 0) is 67.1 Å². The maximum absolute atomic E-state index is 9.53. The van der Waals surface area contributed by atoms with Crippen LogP contribution in [0.4, 0.5) is 0 Å². The average molecular weight is 408 g/mol. The first-order chi connectivity index (χ1) is 14.1. The van der Waals surface area contributed by atoms with Gasteiger partial charge in [0.15, 0.2) is 5.65 Å². The topological polar surface area (TPSA) is 76.2 Å². The monoisotopic (exact) mass is 407 g/mol. The Labute approximate surface area is 174 Å². The molecule has 2 aromatic heterocycles. The predicted octanol–water partition coefficient (Wildman–Crippen LogP) is 4.77. The smallest absolute Gasteiger partial charge is 0.224 e. The molecule has 0 saturated heterocycles. The molecule has 1 aromatic carbocycles. The molecule has 1 saturated carbocycles.